The molecule has 0 aromatic rings. The number of aliphatic hydroxyl groups is 1. The van der Waals surface area contributed by atoms with Crippen molar-refractivity contribution in [2.45, 2.75) is 64.0 Å². The first kappa shape index (κ1) is 14.3. The Balaban J connectivity index is 1.71. The van der Waals surface area contributed by atoms with Gasteiger partial charge in [0.15, 0.2) is 0 Å². The molecule has 0 aromatic carbocycles. The van der Waals surface area contributed by atoms with E-state index in [0.29, 0.717) is 12.0 Å². The Morgan fingerprint density at radius 1 is 1.28 bits per heavy atom. The summed E-state index contributed by atoms with van der Waals surface area (Å²) in [5.74, 6) is 1.41. The largest absolute Gasteiger partial charge is 0.392 e. The zero-order chi connectivity index (χ0) is 13.0. The second-order valence-electron chi connectivity index (χ2n) is 6.42. The van der Waals surface area contributed by atoms with Crippen LogP contribution in [0.4, 0.5) is 0 Å². The predicted octanol–water partition coefficient (Wildman–Crippen LogP) is 1.99. The topological polar surface area (TPSA) is 49.5 Å². The molecular weight excluding hydrogens is 224 g/mol. The minimum Gasteiger partial charge on any atom is -0.392 e. The summed E-state index contributed by atoms with van der Waals surface area (Å²) in [6, 6.07) is 0.373. The third kappa shape index (κ3) is 3.94. The molecular formula is C15H30N2O. The summed E-state index contributed by atoms with van der Waals surface area (Å²) in [6.45, 7) is 5.24. The molecule has 1 heterocycles. The van der Waals surface area contributed by atoms with E-state index in [1.807, 2.05) is 0 Å². The van der Waals surface area contributed by atoms with E-state index in [2.05, 4.69) is 11.8 Å². The van der Waals surface area contributed by atoms with E-state index in [4.69, 9.17) is 5.73 Å². The zero-order valence-electron chi connectivity index (χ0n) is 11.9. The van der Waals surface area contributed by atoms with Gasteiger partial charge in [-0.3, -0.25) is 0 Å². The molecule has 0 aromatic heterocycles. The van der Waals surface area contributed by atoms with Crippen LogP contribution >= 0.6 is 0 Å². The Morgan fingerprint density at radius 2 is 2.00 bits per heavy atom. The van der Waals surface area contributed by atoms with E-state index < -0.39 is 0 Å². The van der Waals surface area contributed by atoms with Crippen LogP contribution in [0.2, 0.25) is 0 Å². The van der Waals surface area contributed by atoms with Crippen molar-refractivity contribution >= 4 is 0 Å². The maximum atomic E-state index is 10.2. The van der Waals surface area contributed by atoms with Gasteiger partial charge in [-0.2, -0.15) is 0 Å². The number of aliphatic hydroxyl groups excluding tert-OH is 1. The Bertz CT molecular complexity index is 241. The maximum absolute atomic E-state index is 10.2. The van der Waals surface area contributed by atoms with Crippen molar-refractivity contribution in [1.82, 2.24) is 4.90 Å². The van der Waals surface area contributed by atoms with Gasteiger partial charge in [-0.1, -0.05) is 39.0 Å². The van der Waals surface area contributed by atoms with Gasteiger partial charge in [-0.05, 0) is 31.2 Å². The highest BCUT2D eigenvalue weighted by atomic mass is 16.3. The molecule has 2 rings (SSSR count). The third-order valence-corrected chi connectivity index (χ3v) is 4.95. The Labute approximate surface area is 112 Å². The van der Waals surface area contributed by atoms with E-state index in [1.165, 1.54) is 25.7 Å². The van der Waals surface area contributed by atoms with E-state index in [-0.39, 0.29) is 6.10 Å². The van der Waals surface area contributed by atoms with Crippen molar-refractivity contribution in [3.8, 4) is 0 Å². The van der Waals surface area contributed by atoms with Crippen molar-refractivity contribution < 1.29 is 5.11 Å². The molecule has 106 valence electrons. The van der Waals surface area contributed by atoms with Gasteiger partial charge in [-0.15, -0.1) is 0 Å². The van der Waals surface area contributed by atoms with Crippen LogP contribution < -0.4 is 5.73 Å². The van der Waals surface area contributed by atoms with Gasteiger partial charge >= 0.3 is 0 Å². The summed E-state index contributed by atoms with van der Waals surface area (Å²) in [5, 5.41) is 10.2. The van der Waals surface area contributed by atoms with E-state index >= 15 is 0 Å². The first-order valence-electron chi connectivity index (χ1n) is 7.85. The predicted molar refractivity (Wildman–Crippen MR) is 75.4 cm³/mol. The minimum atomic E-state index is -0.125. The molecule has 3 atom stereocenters. The number of nitrogens with two attached hydrogens (primary N) is 1. The summed E-state index contributed by atoms with van der Waals surface area (Å²) in [4.78, 5) is 2.43. The van der Waals surface area contributed by atoms with Gasteiger partial charge in [0.05, 0.1) is 6.10 Å². The summed E-state index contributed by atoms with van der Waals surface area (Å²) in [5.41, 5.74) is 6.13. The number of nitrogens with zero attached hydrogens (tertiary/aromatic N) is 1. The van der Waals surface area contributed by atoms with E-state index in [1.54, 1.807) is 0 Å². The quantitative estimate of drug-likeness (QED) is 0.789. The normalized spacial score (nSPS) is 32.8. The molecule has 3 heteroatoms. The lowest BCUT2D eigenvalue weighted by Crippen LogP contribution is -2.48. The first-order valence-corrected chi connectivity index (χ1v) is 7.85. The lowest BCUT2D eigenvalue weighted by molar-refractivity contribution is 0.0629. The molecule has 0 bridgehead atoms. The number of β-amino-alcohol motifs (C(OH)–C–C–N with tert-alkyl or cyclic N) is 1. The molecule has 1 aliphatic carbocycles. The second kappa shape index (κ2) is 6.88. The molecule has 1 saturated heterocycles. The number of piperidine rings is 1. The molecule has 3 N–H and O–H groups in total. The molecule has 3 nitrogen and oxygen atoms in total. The number of hydrogen-bond donors (Lipinski definition) is 2. The summed E-state index contributed by atoms with van der Waals surface area (Å²) in [7, 11) is 0. The average Bonchev–Trinajstić information content (AvgIpc) is 2.84. The molecule has 18 heavy (non-hydrogen) atoms. The van der Waals surface area contributed by atoms with Crippen molar-refractivity contribution in [3.63, 3.8) is 0 Å². The van der Waals surface area contributed by atoms with Crippen LogP contribution in [0, 0.1) is 11.8 Å². The Hall–Kier alpha value is -0.120. The Kier molecular flexibility index (Phi) is 5.46. The first-order chi connectivity index (χ1) is 8.69. The smallest absolute Gasteiger partial charge is 0.0669 e. The SMILES string of the molecule is CCC1CN(CC(O)CC2CCCC2)CCC1N. The van der Waals surface area contributed by atoms with Gasteiger partial charge in [0.25, 0.3) is 0 Å². The van der Waals surface area contributed by atoms with Gasteiger partial charge in [-0.25, -0.2) is 0 Å². The van der Waals surface area contributed by atoms with E-state index in [0.717, 1.165) is 44.8 Å². The van der Waals surface area contributed by atoms with Gasteiger partial charge in [0, 0.05) is 19.1 Å². The van der Waals surface area contributed by atoms with Gasteiger partial charge in [0.1, 0.15) is 0 Å². The molecule has 3 unspecified atom stereocenters. The standard InChI is InChI=1S/C15H30N2O/c1-2-13-10-17(8-7-15(13)16)11-14(18)9-12-5-3-4-6-12/h12-15,18H,2-11,16H2,1H3. The van der Waals surface area contributed by atoms with Crippen LogP contribution in [-0.2, 0) is 0 Å². The van der Waals surface area contributed by atoms with Crippen molar-refractivity contribution in [2.75, 3.05) is 19.6 Å². The molecule has 1 aliphatic heterocycles. The summed E-state index contributed by atoms with van der Waals surface area (Å²) < 4.78 is 0. The maximum Gasteiger partial charge on any atom is 0.0669 e. The fourth-order valence-corrected chi connectivity index (χ4v) is 3.73. The van der Waals surface area contributed by atoms with Crippen LogP contribution in [-0.4, -0.2) is 41.8 Å². The molecule has 1 saturated carbocycles. The summed E-state index contributed by atoms with van der Waals surface area (Å²) >= 11 is 0. The molecule has 0 radical (unpaired) electrons. The average molecular weight is 254 g/mol. The zero-order valence-corrected chi connectivity index (χ0v) is 11.9. The van der Waals surface area contributed by atoms with Gasteiger partial charge < -0.3 is 15.7 Å². The van der Waals surface area contributed by atoms with Gasteiger partial charge in [0.2, 0.25) is 0 Å². The third-order valence-electron chi connectivity index (χ3n) is 4.95. The fraction of sp³-hybridized carbons (Fsp3) is 1.00. The van der Waals surface area contributed by atoms with Crippen molar-refractivity contribution in [2.24, 2.45) is 17.6 Å². The van der Waals surface area contributed by atoms with Crippen LogP contribution in [0.25, 0.3) is 0 Å². The second-order valence-corrected chi connectivity index (χ2v) is 6.42. The number of likely N-dealkylation sites (tertiary alicyclic amines) is 1. The monoisotopic (exact) mass is 254 g/mol. The van der Waals surface area contributed by atoms with Crippen LogP contribution in [0.5, 0.6) is 0 Å². The molecule has 2 aliphatic rings. The summed E-state index contributed by atoms with van der Waals surface area (Å²) in [6.07, 6.45) is 8.55. The highest BCUT2D eigenvalue weighted by Gasteiger charge is 2.27. The van der Waals surface area contributed by atoms with Crippen LogP contribution in [0.15, 0.2) is 0 Å². The Morgan fingerprint density at radius 3 is 2.67 bits per heavy atom. The van der Waals surface area contributed by atoms with Crippen LogP contribution in [0.3, 0.4) is 0 Å². The highest BCUT2D eigenvalue weighted by Crippen LogP contribution is 2.29. The van der Waals surface area contributed by atoms with E-state index in [9.17, 15) is 5.11 Å². The molecule has 0 amide bonds. The molecule has 0 spiro atoms. The fourth-order valence-electron chi connectivity index (χ4n) is 3.73. The lowest BCUT2D eigenvalue weighted by atomic mass is 9.90. The lowest BCUT2D eigenvalue weighted by Gasteiger charge is -2.37. The minimum absolute atomic E-state index is 0.125. The van der Waals surface area contributed by atoms with Crippen LogP contribution in [0.1, 0.15) is 51.9 Å². The van der Waals surface area contributed by atoms with Crippen molar-refractivity contribution in [3.05, 3.63) is 0 Å². The number of hydrogen-bond acceptors (Lipinski definition) is 3. The number of rotatable bonds is 5. The highest BCUT2D eigenvalue weighted by molar-refractivity contribution is 4.83. The molecule has 2 fully saturated rings. The van der Waals surface area contributed by atoms with Crippen molar-refractivity contribution in [1.29, 1.82) is 0 Å².